The number of fused-ring (bicyclic) bond motifs is 1. The van der Waals surface area contributed by atoms with Crippen LogP contribution in [0.15, 0.2) is 64.2 Å². The fourth-order valence-electron chi connectivity index (χ4n) is 5.73. The summed E-state index contributed by atoms with van der Waals surface area (Å²) in [7, 11) is 1.28. The second kappa shape index (κ2) is 13.3. The fraction of sp³-hybridized carbons (Fsp3) is 0.281. The minimum absolute atomic E-state index is 0.123. The molecule has 6 rings (SSSR count). The van der Waals surface area contributed by atoms with Gasteiger partial charge in [0.2, 0.25) is 0 Å². The molecule has 10 nitrogen and oxygen atoms in total. The Morgan fingerprint density at radius 3 is 2.78 bits per heavy atom. The molecule has 0 bridgehead atoms. The molecule has 3 aliphatic heterocycles. The van der Waals surface area contributed by atoms with E-state index in [0.717, 1.165) is 6.07 Å². The zero-order valence-corrected chi connectivity index (χ0v) is 26.0. The first kappa shape index (κ1) is 31.2. The third kappa shape index (κ3) is 6.30. The number of aromatic nitrogens is 1. The number of carbonyl (C=O) groups is 2. The Hall–Kier alpha value is -4.82. The van der Waals surface area contributed by atoms with Gasteiger partial charge >= 0.3 is 12.0 Å². The van der Waals surface area contributed by atoms with Crippen LogP contribution in [0.1, 0.15) is 27.7 Å². The number of rotatable bonds is 6. The van der Waals surface area contributed by atoms with Crippen LogP contribution in [-0.4, -0.2) is 89.9 Å². The maximum Gasteiger partial charge on any atom is 0.338 e. The van der Waals surface area contributed by atoms with Crippen LogP contribution in [0.3, 0.4) is 0 Å². The van der Waals surface area contributed by atoms with E-state index < -0.39 is 23.6 Å². The van der Waals surface area contributed by atoms with Crippen LogP contribution < -0.4 is 5.32 Å². The lowest BCUT2D eigenvalue weighted by atomic mass is 9.95. The van der Waals surface area contributed by atoms with Gasteiger partial charge in [-0.15, -0.1) is 11.3 Å². The average Bonchev–Trinajstić information content (AvgIpc) is 3.69. The Morgan fingerprint density at radius 1 is 1.22 bits per heavy atom. The number of ether oxygens (including phenoxy) is 1. The minimum atomic E-state index is -0.875. The highest BCUT2D eigenvalue weighted by Gasteiger charge is 2.41. The van der Waals surface area contributed by atoms with Gasteiger partial charge in [0.1, 0.15) is 17.7 Å². The number of amidine groups is 1. The van der Waals surface area contributed by atoms with Gasteiger partial charge in [0.05, 0.1) is 42.5 Å². The number of nitrogens with zero attached hydrogens (tertiary/aromatic N) is 6. The Balaban J connectivity index is 1.22. The monoisotopic (exact) mass is 661 g/mol. The molecular formula is C32H26ClF2N7O3S. The maximum absolute atomic E-state index is 14.2. The molecule has 3 aromatic rings. The number of esters is 1. The molecular weight excluding hydrogens is 636 g/mol. The minimum Gasteiger partial charge on any atom is -0.466 e. The van der Waals surface area contributed by atoms with E-state index >= 15 is 0 Å². The van der Waals surface area contributed by atoms with Gasteiger partial charge in [-0.3, -0.25) is 9.89 Å². The van der Waals surface area contributed by atoms with Crippen LogP contribution in [0.4, 0.5) is 13.6 Å². The van der Waals surface area contributed by atoms with Gasteiger partial charge in [0.15, 0.2) is 10.8 Å². The number of aliphatic imine (C=N–C) groups is 1. The van der Waals surface area contributed by atoms with Crippen molar-refractivity contribution < 1.29 is 23.1 Å². The van der Waals surface area contributed by atoms with E-state index in [1.54, 1.807) is 16.0 Å². The van der Waals surface area contributed by atoms with Crippen molar-refractivity contribution in [3.8, 4) is 17.9 Å². The summed E-state index contributed by atoms with van der Waals surface area (Å²) in [5, 5.41) is 14.8. The van der Waals surface area contributed by atoms with Crippen LogP contribution in [0.5, 0.6) is 0 Å². The molecule has 2 amide bonds. The Morgan fingerprint density at radius 2 is 2.07 bits per heavy atom. The number of halogens is 3. The number of nitriles is 1. The quantitative estimate of drug-likeness (QED) is 0.315. The van der Waals surface area contributed by atoms with E-state index in [2.05, 4.69) is 27.0 Å². The summed E-state index contributed by atoms with van der Waals surface area (Å²) in [5.41, 5.74) is 1.60. The Labute approximate surface area is 272 Å². The molecule has 46 heavy (non-hydrogen) atoms. The molecule has 2 unspecified atom stereocenters. The second-order valence-corrected chi connectivity index (χ2v) is 12.0. The van der Waals surface area contributed by atoms with Crippen molar-refractivity contribution in [3.05, 3.63) is 97.6 Å². The van der Waals surface area contributed by atoms with Gasteiger partial charge < -0.3 is 19.9 Å². The molecule has 1 aromatic heterocycles. The number of piperazine rings is 1. The van der Waals surface area contributed by atoms with Gasteiger partial charge in [-0.1, -0.05) is 29.5 Å². The highest BCUT2D eigenvalue weighted by atomic mass is 35.5. The first-order valence-corrected chi connectivity index (χ1v) is 15.5. The first-order chi connectivity index (χ1) is 22.2. The number of benzene rings is 2. The summed E-state index contributed by atoms with van der Waals surface area (Å²) < 4.78 is 33.4. The lowest BCUT2D eigenvalue weighted by Crippen LogP contribution is -2.53. The lowest BCUT2D eigenvalue weighted by molar-refractivity contribution is -0.136. The molecule has 14 heteroatoms. The van der Waals surface area contributed by atoms with Crippen molar-refractivity contribution in [1.82, 2.24) is 25.0 Å². The number of nitrogens with one attached hydrogen (secondary N) is 1. The molecule has 234 valence electrons. The molecule has 2 atom stereocenters. The summed E-state index contributed by atoms with van der Waals surface area (Å²) >= 11 is 7.83. The number of carbonyl (C=O) groups excluding carboxylic acids is 2. The lowest BCUT2D eigenvalue weighted by Gasteiger charge is -2.38. The van der Waals surface area contributed by atoms with Crippen LogP contribution in [0.25, 0.3) is 0 Å². The van der Waals surface area contributed by atoms with E-state index in [1.165, 1.54) is 48.8 Å². The van der Waals surface area contributed by atoms with Crippen LogP contribution in [-0.2, 0) is 9.53 Å². The van der Waals surface area contributed by atoms with Gasteiger partial charge in [-0.05, 0) is 30.3 Å². The number of methoxy groups -OCH3 is 1. The molecule has 0 radical (unpaired) electrons. The van der Waals surface area contributed by atoms with Gasteiger partial charge in [-0.2, -0.15) is 5.26 Å². The molecule has 4 heterocycles. The summed E-state index contributed by atoms with van der Waals surface area (Å²) in [6.07, 6.45) is 1.65. The smallest absolute Gasteiger partial charge is 0.338 e. The van der Waals surface area contributed by atoms with E-state index in [9.17, 15) is 18.4 Å². The summed E-state index contributed by atoms with van der Waals surface area (Å²) in [5.74, 6) is 4.38. The number of amides is 2. The molecule has 2 saturated heterocycles. The third-order valence-corrected chi connectivity index (χ3v) is 9.02. The third-order valence-electron chi connectivity index (χ3n) is 7.91. The van der Waals surface area contributed by atoms with E-state index in [-0.39, 0.29) is 40.3 Å². The number of urea groups is 1. The number of hydrogen-bond donors (Lipinski definition) is 1. The summed E-state index contributed by atoms with van der Waals surface area (Å²) in [6.45, 7) is 2.36. The van der Waals surface area contributed by atoms with Crippen molar-refractivity contribution in [2.75, 3.05) is 46.4 Å². The SMILES string of the molecule is COC(=O)C1=C(CN2CCN3C(=O)N(CC#Cc4ccc(C#N)cc4F)CC3C2)NC(c2nccs2)=NC1c1ccc(F)cc1Cl. The molecule has 0 saturated carbocycles. The topological polar surface area (TPSA) is 114 Å². The van der Waals surface area contributed by atoms with Gasteiger partial charge in [0, 0.05) is 60.6 Å². The predicted molar refractivity (Wildman–Crippen MR) is 167 cm³/mol. The normalized spacial score (nSPS) is 19.5. The Kier molecular flexibility index (Phi) is 8.99. The molecule has 1 N–H and O–H groups in total. The highest BCUT2D eigenvalue weighted by molar-refractivity contribution is 7.11. The molecule has 2 aromatic carbocycles. The van der Waals surface area contributed by atoms with E-state index in [0.29, 0.717) is 54.8 Å². The largest absolute Gasteiger partial charge is 0.466 e. The number of hydrogen-bond acceptors (Lipinski definition) is 9. The molecule has 0 spiro atoms. The molecule has 2 fully saturated rings. The fourth-order valence-corrected chi connectivity index (χ4v) is 6.58. The van der Waals surface area contributed by atoms with Crippen molar-refractivity contribution >= 4 is 40.8 Å². The standard InChI is InChI=1S/C32H26ClF2N7O3S/c1-45-31(43)27-26(38-29(30-37-8-12-46-30)39-28(27)23-7-6-21(34)14-24(23)33)18-40-10-11-42-22(16-40)17-41(32(42)44)9-2-3-20-5-4-19(15-36)13-25(20)35/h4-8,12-14,22,28H,9-11,16-18H2,1H3,(H,38,39). The van der Waals surface area contributed by atoms with Crippen molar-refractivity contribution in [1.29, 1.82) is 5.26 Å². The Bertz CT molecular complexity index is 1860. The molecule has 0 aliphatic carbocycles. The predicted octanol–water partition coefficient (Wildman–Crippen LogP) is 3.94. The van der Waals surface area contributed by atoms with E-state index in [4.69, 9.17) is 26.6 Å². The van der Waals surface area contributed by atoms with Gasteiger partial charge in [0.25, 0.3) is 0 Å². The van der Waals surface area contributed by atoms with E-state index in [1.807, 2.05) is 11.4 Å². The first-order valence-electron chi connectivity index (χ1n) is 14.2. The maximum atomic E-state index is 14.2. The summed E-state index contributed by atoms with van der Waals surface area (Å²) in [6, 6.07) is 8.76. The molecule has 3 aliphatic rings. The van der Waals surface area contributed by atoms with Crippen LogP contribution >= 0.6 is 22.9 Å². The zero-order chi connectivity index (χ0) is 32.4. The average molecular weight is 662 g/mol. The number of thiazole rings is 1. The summed E-state index contributed by atoms with van der Waals surface area (Å²) in [4.78, 5) is 41.1. The van der Waals surface area contributed by atoms with Crippen molar-refractivity contribution in [2.24, 2.45) is 4.99 Å². The van der Waals surface area contributed by atoms with Gasteiger partial charge in [-0.25, -0.2) is 23.4 Å². The van der Waals surface area contributed by atoms with Crippen LogP contribution in [0.2, 0.25) is 5.02 Å². The van der Waals surface area contributed by atoms with Crippen molar-refractivity contribution in [2.45, 2.75) is 12.1 Å². The van der Waals surface area contributed by atoms with Crippen molar-refractivity contribution in [3.63, 3.8) is 0 Å². The highest BCUT2D eigenvalue weighted by Crippen LogP contribution is 2.37. The second-order valence-electron chi connectivity index (χ2n) is 10.7. The zero-order valence-electron chi connectivity index (χ0n) is 24.5. The van der Waals surface area contributed by atoms with Crippen LogP contribution in [0, 0.1) is 34.8 Å².